The Morgan fingerprint density at radius 1 is 1.39 bits per heavy atom. The average molecular weight is 241 g/mol. The molecule has 0 aliphatic rings. The normalized spacial score (nSPS) is 12.3. The molecule has 0 saturated heterocycles. The van der Waals surface area contributed by atoms with E-state index in [1.165, 1.54) is 11.1 Å². The molecule has 18 heavy (non-hydrogen) atoms. The molecule has 94 valence electrons. The van der Waals surface area contributed by atoms with Crippen molar-refractivity contribution in [3.8, 4) is 0 Å². The van der Waals surface area contributed by atoms with E-state index < -0.39 is 0 Å². The summed E-state index contributed by atoms with van der Waals surface area (Å²) >= 11 is 0. The van der Waals surface area contributed by atoms with Crippen LogP contribution in [0.25, 0.3) is 6.20 Å². The lowest BCUT2D eigenvalue weighted by Gasteiger charge is -2.12. The highest BCUT2D eigenvalue weighted by molar-refractivity contribution is 5.19. The summed E-state index contributed by atoms with van der Waals surface area (Å²) in [5.41, 5.74) is 2.54. The monoisotopic (exact) mass is 241 g/mol. The number of hydrogen-bond acceptors (Lipinski definition) is 2. The molecule has 0 fully saturated rings. The first-order valence-electron chi connectivity index (χ1n) is 6.21. The lowest BCUT2D eigenvalue weighted by atomic mass is 10.0. The van der Waals surface area contributed by atoms with Crippen LogP contribution in [0.2, 0.25) is 0 Å². The highest BCUT2D eigenvalue weighted by atomic mass is 15.2. The molecule has 1 aromatic heterocycles. The van der Waals surface area contributed by atoms with E-state index in [0.29, 0.717) is 5.92 Å². The molecular formula is C15H19N3. The lowest BCUT2D eigenvalue weighted by Crippen LogP contribution is -2.19. The van der Waals surface area contributed by atoms with Crippen LogP contribution in [0.5, 0.6) is 0 Å². The number of aromatic nitrogens is 2. The highest BCUT2D eigenvalue weighted by Gasteiger charge is 2.04. The molecule has 0 aliphatic carbocycles. The van der Waals surface area contributed by atoms with Gasteiger partial charge in [-0.3, -0.25) is 0 Å². The quantitative estimate of drug-likeness (QED) is 0.842. The third-order valence-electron chi connectivity index (χ3n) is 2.99. The summed E-state index contributed by atoms with van der Waals surface area (Å²) in [6.07, 6.45) is 5.53. The summed E-state index contributed by atoms with van der Waals surface area (Å²) in [6, 6.07) is 10.6. The molecule has 1 N–H and O–H groups in total. The van der Waals surface area contributed by atoms with Gasteiger partial charge >= 0.3 is 0 Å². The van der Waals surface area contributed by atoms with Crippen LogP contribution in [0.1, 0.15) is 24.0 Å². The standard InChI is InChI=1S/C15H19N3/c1-3-18-12-14(11-17-18)10-16-9-13(2)15-7-5-4-6-8-15/h3-8,11-13,16H,1,9-10H2,2H3. The minimum Gasteiger partial charge on any atom is -0.312 e. The Labute approximate surface area is 108 Å². The zero-order valence-corrected chi connectivity index (χ0v) is 10.7. The fourth-order valence-corrected chi connectivity index (χ4v) is 1.90. The summed E-state index contributed by atoms with van der Waals surface area (Å²) in [7, 11) is 0. The van der Waals surface area contributed by atoms with Crippen LogP contribution < -0.4 is 5.32 Å². The minimum absolute atomic E-state index is 0.514. The van der Waals surface area contributed by atoms with Gasteiger partial charge in [0.25, 0.3) is 0 Å². The van der Waals surface area contributed by atoms with Gasteiger partial charge in [-0.15, -0.1) is 0 Å². The number of hydrogen-bond donors (Lipinski definition) is 1. The van der Waals surface area contributed by atoms with Crippen molar-refractivity contribution in [3.63, 3.8) is 0 Å². The first-order chi connectivity index (χ1) is 8.79. The molecular weight excluding hydrogens is 222 g/mol. The van der Waals surface area contributed by atoms with Crippen molar-refractivity contribution >= 4 is 6.20 Å². The Balaban J connectivity index is 1.80. The van der Waals surface area contributed by atoms with Gasteiger partial charge in [0.05, 0.1) is 6.20 Å². The van der Waals surface area contributed by atoms with Gasteiger partial charge in [0.1, 0.15) is 0 Å². The number of nitrogens with one attached hydrogen (secondary N) is 1. The van der Waals surface area contributed by atoms with Crippen LogP contribution in [0.3, 0.4) is 0 Å². The summed E-state index contributed by atoms with van der Waals surface area (Å²) in [5, 5.41) is 7.60. The molecule has 1 heterocycles. The van der Waals surface area contributed by atoms with Gasteiger partial charge in [-0.2, -0.15) is 5.10 Å². The van der Waals surface area contributed by atoms with Gasteiger partial charge in [0.2, 0.25) is 0 Å². The van der Waals surface area contributed by atoms with Crippen LogP contribution in [0, 0.1) is 0 Å². The second kappa shape index (κ2) is 6.17. The topological polar surface area (TPSA) is 29.9 Å². The van der Waals surface area contributed by atoms with Crippen LogP contribution >= 0.6 is 0 Å². The van der Waals surface area contributed by atoms with E-state index in [-0.39, 0.29) is 0 Å². The SMILES string of the molecule is C=Cn1cc(CNCC(C)c2ccccc2)cn1. The van der Waals surface area contributed by atoms with Gasteiger partial charge in [0.15, 0.2) is 0 Å². The summed E-state index contributed by atoms with van der Waals surface area (Å²) in [4.78, 5) is 0. The van der Waals surface area contributed by atoms with Crippen molar-refractivity contribution < 1.29 is 0 Å². The Hall–Kier alpha value is -1.87. The smallest absolute Gasteiger partial charge is 0.0538 e. The first-order valence-corrected chi connectivity index (χ1v) is 6.21. The predicted octanol–water partition coefficient (Wildman–Crippen LogP) is 2.88. The van der Waals surface area contributed by atoms with Crippen molar-refractivity contribution in [1.29, 1.82) is 0 Å². The molecule has 0 saturated carbocycles. The maximum absolute atomic E-state index is 4.15. The number of nitrogens with zero attached hydrogens (tertiary/aromatic N) is 2. The third kappa shape index (κ3) is 3.31. The van der Waals surface area contributed by atoms with E-state index in [0.717, 1.165) is 13.1 Å². The van der Waals surface area contributed by atoms with E-state index in [9.17, 15) is 0 Å². The Bertz CT molecular complexity index is 487. The number of benzene rings is 1. The van der Waals surface area contributed by atoms with Crippen molar-refractivity contribution in [2.45, 2.75) is 19.4 Å². The zero-order valence-electron chi connectivity index (χ0n) is 10.7. The Kier molecular flexibility index (Phi) is 4.31. The van der Waals surface area contributed by atoms with E-state index in [4.69, 9.17) is 0 Å². The van der Waals surface area contributed by atoms with Gasteiger partial charge in [-0.25, -0.2) is 4.68 Å². The molecule has 1 aromatic carbocycles. The lowest BCUT2D eigenvalue weighted by molar-refractivity contribution is 0.615. The van der Waals surface area contributed by atoms with Gasteiger partial charge in [-0.05, 0) is 11.5 Å². The summed E-state index contributed by atoms with van der Waals surface area (Å²) < 4.78 is 1.72. The maximum Gasteiger partial charge on any atom is 0.0538 e. The molecule has 3 nitrogen and oxygen atoms in total. The Morgan fingerprint density at radius 2 is 2.17 bits per heavy atom. The summed E-state index contributed by atoms with van der Waals surface area (Å²) in [6.45, 7) is 7.70. The van der Waals surface area contributed by atoms with E-state index in [2.05, 4.69) is 48.2 Å². The average Bonchev–Trinajstić information content (AvgIpc) is 2.87. The van der Waals surface area contributed by atoms with Gasteiger partial charge in [0, 0.05) is 31.0 Å². The molecule has 0 radical (unpaired) electrons. The molecule has 2 rings (SSSR count). The molecule has 1 unspecified atom stereocenters. The fraction of sp³-hybridized carbons (Fsp3) is 0.267. The molecule has 0 bridgehead atoms. The molecule has 3 heteroatoms. The second-order valence-electron chi connectivity index (χ2n) is 4.45. The maximum atomic E-state index is 4.15. The van der Waals surface area contributed by atoms with E-state index in [1.54, 1.807) is 10.9 Å². The minimum atomic E-state index is 0.514. The highest BCUT2D eigenvalue weighted by Crippen LogP contribution is 2.13. The third-order valence-corrected chi connectivity index (χ3v) is 2.99. The van der Waals surface area contributed by atoms with Crippen molar-refractivity contribution in [2.75, 3.05) is 6.54 Å². The van der Waals surface area contributed by atoms with Crippen LogP contribution in [-0.4, -0.2) is 16.3 Å². The first kappa shape index (κ1) is 12.6. The van der Waals surface area contributed by atoms with Crippen molar-refractivity contribution in [1.82, 2.24) is 15.1 Å². The molecule has 1 atom stereocenters. The largest absolute Gasteiger partial charge is 0.312 e. The predicted molar refractivity (Wildman–Crippen MR) is 75.2 cm³/mol. The van der Waals surface area contributed by atoms with E-state index >= 15 is 0 Å². The van der Waals surface area contributed by atoms with Crippen molar-refractivity contribution in [3.05, 3.63) is 60.4 Å². The number of rotatable bonds is 6. The van der Waals surface area contributed by atoms with Crippen LogP contribution in [-0.2, 0) is 6.54 Å². The molecule has 2 aromatic rings. The zero-order chi connectivity index (χ0) is 12.8. The molecule has 0 aliphatic heterocycles. The van der Waals surface area contributed by atoms with Crippen molar-refractivity contribution in [2.24, 2.45) is 0 Å². The van der Waals surface area contributed by atoms with Gasteiger partial charge < -0.3 is 5.32 Å². The second-order valence-corrected chi connectivity index (χ2v) is 4.45. The van der Waals surface area contributed by atoms with Crippen LogP contribution in [0.15, 0.2) is 49.3 Å². The fourth-order valence-electron chi connectivity index (χ4n) is 1.90. The molecule has 0 spiro atoms. The Morgan fingerprint density at radius 3 is 2.83 bits per heavy atom. The summed E-state index contributed by atoms with van der Waals surface area (Å²) in [5.74, 6) is 0.514. The van der Waals surface area contributed by atoms with Gasteiger partial charge in [-0.1, -0.05) is 43.8 Å². The van der Waals surface area contributed by atoms with Crippen LogP contribution in [0.4, 0.5) is 0 Å². The van der Waals surface area contributed by atoms with E-state index in [1.807, 2.05) is 18.5 Å². The molecule has 0 amide bonds.